The maximum atomic E-state index is 12.3. The lowest BCUT2D eigenvalue weighted by Crippen LogP contribution is -2.22. The number of benzene rings is 2. The molecule has 0 saturated heterocycles. The van der Waals surface area contributed by atoms with E-state index in [4.69, 9.17) is 20.8 Å². The molecule has 1 amide bonds. The topological polar surface area (TPSA) is 77.2 Å². The first kappa shape index (κ1) is 19.3. The van der Waals surface area contributed by atoms with Crippen molar-refractivity contribution in [1.29, 1.82) is 0 Å². The van der Waals surface area contributed by atoms with E-state index in [0.717, 1.165) is 11.3 Å². The molecule has 27 heavy (non-hydrogen) atoms. The van der Waals surface area contributed by atoms with E-state index in [1.807, 2.05) is 31.2 Å². The fourth-order valence-corrected chi connectivity index (χ4v) is 3.03. The summed E-state index contributed by atoms with van der Waals surface area (Å²) >= 11 is 7.04. The highest BCUT2D eigenvalue weighted by Crippen LogP contribution is 2.27. The Kier molecular flexibility index (Phi) is 6.36. The van der Waals surface area contributed by atoms with E-state index in [0.29, 0.717) is 28.4 Å². The summed E-state index contributed by atoms with van der Waals surface area (Å²) in [6.45, 7) is 4.31. The minimum Gasteiger partial charge on any atom is -0.494 e. The summed E-state index contributed by atoms with van der Waals surface area (Å²) in [6, 6.07) is 14.3. The van der Waals surface area contributed by atoms with Gasteiger partial charge in [0, 0.05) is 16.3 Å². The maximum Gasteiger partial charge on any atom is 0.277 e. The number of rotatable bonds is 7. The van der Waals surface area contributed by atoms with Gasteiger partial charge in [-0.15, -0.1) is 10.2 Å². The summed E-state index contributed by atoms with van der Waals surface area (Å²) < 4.78 is 11.1. The van der Waals surface area contributed by atoms with Crippen molar-refractivity contribution in [3.05, 3.63) is 53.6 Å². The van der Waals surface area contributed by atoms with Crippen LogP contribution >= 0.6 is 23.4 Å². The van der Waals surface area contributed by atoms with Crippen molar-refractivity contribution in [1.82, 2.24) is 10.2 Å². The average molecular weight is 404 g/mol. The predicted octanol–water partition coefficient (Wildman–Crippen LogP) is 4.91. The zero-order valence-corrected chi connectivity index (χ0v) is 16.4. The summed E-state index contributed by atoms with van der Waals surface area (Å²) in [5.41, 5.74) is 1.47. The third kappa shape index (κ3) is 5.24. The number of amides is 1. The fourth-order valence-electron chi connectivity index (χ4n) is 2.22. The van der Waals surface area contributed by atoms with E-state index in [-0.39, 0.29) is 5.91 Å². The Bertz CT molecular complexity index is 897. The summed E-state index contributed by atoms with van der Waals surface area (Å²) in [5.74, 6) is 1.01. The monoisotopic (exact) mass is 403 g/mol. The summed E-state index contributed by atoms with van der Waals surface area (Å²) in [7, 11) is 0. The van der Waals surface area contributed by atoms with Crippen molar-refractivity contribution in [2.24, 2.45) is 0 Å². The molecule has 1 N–H and O–H groups in total. The fraction of sp³-hybridized carbons (Fsp3) is 0.211. The minimum atomic E-state index is -0.408. The number of carbonyl (C=O) groups excluding carboxylic acids is 1. The van der Waals surface area contributed by atoms with Crippen LogP contribution < -0.4 is 10.1 Å². The number of hydrogen-bond acceptors (Lipinski definition) is 6. The van der Waals surface area contributed by atoms with Gasteiger partial charge in [0.25, 0.3) is 5.22 Å². The van der Waals surface area contributed by atoms with Crippen molar-refractivity contribution in [3.8, 4) is 17.2 Å². The number of nitrogens with zero attached hydrogens (tertiary/aromatic N) is 2. The van der Waals surface area contributed by atoms with Crippen LogP contribution in [0, 0.1) is 0 Å². The standard InChI is InChI=1S/C19H18ClN3O3S/c1-3-25-16-10-4-13(5-11-16)18-22-23-19(26-18)27-12(2)17(24)21-15-8-6-14(20)7-9-15/h4-12H,3H2,1-2H3,(H,21,24)/t12-/m1/s1. The molecule has 0 unspecified atom stereocenters. The Balaban J connectivity index is 1.60. The molecule has 1 atom stereocenters. The summed E-state index contributed by atoms with van der Waals surface area (Å²) in [4.78, 5) is 12.3. The van der Waals surface area contributed by atoms with Gasteiger partial charge in [0.2, 0.25) is 11.8 Å². The van der Waals surface area contributed by atoms with E-state index in [1.54, 1.807) is 31.2 Å². The number of anilines is 1. The van der Waals surface area contributed by atoms with Crippen LogP contribution in [0.4, 0.5) is 5.69 Å². The first-order chi connectivity index (χ1) is 13.0. The van der Waals surface area contributed by atoms with Gasteiger partial charge in [-0.25, -0.2) is 0 Å². The first-order valence-corrected chi connectivity index (χ1v) is 9.60. The molecule has 0 aliphatic rings. The van der Waals surface area contributed by atoms with Crippen LogP contribution in [0.25, 0.3) is 11.5 Å². The zero-order valence-electron chi connectivity index (χ0n) is 14.8. The average Bonchev–Trinajstić information content (AvgIpc) is 3.13. The van der Waals surface area contributed by atoms with Crippen LogP contribution in [-0.4, -0.2) is 28.0 Å². The number of aromatic nitrogens is 2. The molecule has 2 aromatic carbocycles. The van der Waals surface area contributed by atoms with Gasteiger partial charge in [0.05, 0.1) is 11.9 Å². The third-order valence-corrected chi connectivity index (χ3v) is 4.76. The molecule has 0 aliphatic carbocycles. The van der Waals surface area contributed by atoms with E-state index < -0.39 is 5.25 Å². The zero-order chi connectivity index (χ0) is 19.2. The maximum absolute atomic E-state index is 12.3. The van der Waals surface area contributed by atoms with Crippen LogP contribution in [0.5, 0.6) is 5.75 Å². The molecule has 8 heteroatoms. The number of thioether (sulfide) groups is 1. The van der Waals surface area contributed by atoms with Gasteiger partial charge >= 0.3 is 0 Å². The molecule has 0 radical (unpaired) electrons. The van der Waals surface area contributed by atoms with Crippen molar-refractivity contribution in [2.45, 2.75) is 24.3 Å². The van der Waals surface area contributed by atoms with E-state index in [2.05, 4.69) is 15.5 Å². The molecular formula is C19H18ClN3O3S. The van der Waals surface area contributed by atoms with Crippen molar-refractivity contribution in [2.75, 3.05) is 11.9 Å². The molecule has 140 valence electrons. The first-order valence-electron chi connectivity index (χ1n) is 8.35. The van der Waals surface area contributed by atoms with Gasteiger partial charge in [0.1, 0.15) is 5.75 Å². The Morgan fingerprint density at radius 1 is 1.19 bits per heavy atom. The lowest BCUT2D eigenvalue weighted by Gasteiger charge is -2.09. The van der Waals surface area contributed by atoms with E-state index in [1.165, 1.54) is 11.8 Å². The molecule has 1 heterocycles. The molecule has 3 rings (SSSR count). The van der Waals surface area contributed by atoms with Crippen molar-refractivity contribution >= 4 is 35.0 Å². The van der Waals surface area contributed by atoms with Crippen LogP contribution in [0.2, 0.25) is 5.02 Å². The van der Waals surface area contributed by atoms with Crippen molar-refractivity contribution in [3.63, 3.8) is 0 Å². The van der Waals surface area contributed by atoms with Crippen molar-refractivity contribution < 1.29 is 13.9 Å². The number of nitrogens with one attached hydrogen (secondary N) is 1. The number of carbonyl (C=O) groups is 1. The second-order valence-electron chi connectivity index (χ2n) is 5.59. The van der Waals surface area contributed by atoms with Gasteiger partial charge in [0.15, 0.2) is 0 Å². The highest BCUT2D eigenvalue weighted by Gasteiger charge is 2.19. The Morgan fingerprint density at radius 3 is 2.56 bits per heavy atom. The number of ether oxygens (including phenoxy) is 1. The SMILES string of the molecule is CCOc1ccc(-c2nnc(S[C@H](C)C(=O)Nc3ccc(Cl)cc3)o2)cc1. The molecule has 6 nitrogen and oxygen atoms in total. The number of halogens is 1. The van der Waals surface area contributed by atoms with Crippen LogP contribution in [0.1, 0.15) is 13.8 Å². The lowest BCUT2D eigenvalue weighted by molar-refractivity contribution is -0.115. The third-order valence-electron chi connectivity index (χ3n) is 3.58. The number of hydrogen-bond donors (Lipinski definition) is 1. The molecule has 0 saturated carbocycles. The summed E-state index contributed by atoms with van der Waals surface area (Å²) in [6.07, 6.45) is 0. The highest BCUT2D eigenvalue weighted by atomic mass is 35.5. The van der Waals surface area contributed by atoms with Crippen LogP contribution in [-0.2, 0) is 4.79 Å². The largest absolute Gasteiger partial charge is 0.494 e. The quantitative estimate of drug-likeness (QED) is 0.565. The molecule has 3 aromatic rings. The Morgan fingerprint density at radius 2 is 1.89 bits per heavy atom. The van der Waals surface area contributed by atoms with E-state index >= 15 is 0 Å². The Labute approximate surface area is 166 Å². The normalized spacial score (nSPS) is 11.8. The lowest BCUT2D eigenvalue weighted by atomic mass is 10.2. The van der Waals surface area contributed by atoms with E-state index in [9.17, 15) is 4.79 Å². The molecule has 0 spiro atoms. The molecule has 0 bridgehead atoms. The second-order valence-corrected chi connectivity index (χ2v) is 7.32. The van der Waals surface area contributed by atoms with Crippen LogP contribution in [0.3, 0.4) is 0 Å². The molecule has 1 aromatic heterocycles. The molecular weight excluding hydrogens is 386 g/mol. The summed E-state index contributed by atoms with van der Waals surface area (Å²) in [5, 5.41) is 11.4. The van der Waals surface area contributed by atoms with Gasteiger partial charge in [-0.3, -0.25) is 4.79 Å². The predicted molar refractivity (Wildman–Crippen MR) is 106 cm³/mol. The van der Waals surface area contributed by atoms with Crippen LogP contribution in [0.15, 0.2) is 58.2 Å². The van der Waals surface area contributed by atoms with Gasteiger partial charge < -0.3 is 14.5 Å². The molecule has 0 fully saturated rings. The molecule has 0 aliphatic heterocycles. The van der Waals surface area contributed by atoms with Gasteiger partial charge in [-0.1, -0.05) is 23.4 Å². The van der Waals surface area contributed by atoms with Gasteiger partial charge in [-0.05, 0) is 62.4 Å². The second kappa shape index (κ2) is 8.92. The Hall–Kier alpha value is -2.51. The highest BCUT2D eigenvalue weighted by molar-refractivity contribution is 8.00. The smallest absolute Gasteiger partial charge is 0.277 e. The minimum absolute atomic E-state index is 0.164. The van der Waals surface area contributed by atoms with Gasteiger partial charge in [-0.2, -0.15) is 0 Å².